The van der Waals surface area contributed by atoms with Crippen molar-refractivity contribution in [2.24, 2.45) is 0 Å². The summed E-state index contributed by atoms with van der Waals surface area (Å²) in [5.74, 6) is 0.734. The van der Waals surface area contributed by atoms with E-state index in [0.717, 1.165) is 47.8 Å². The van der Waals surface area contributed by atoms with Crippen molar-refractivity contribution >= 4 is 22.5 Å². The van der Waals surface area contributed by atoms with Crippen LogP contribution in [0.3, 0.4) is 0 Å². The van der Waals surface area contributed by atoms with Gasteiger partial charge >= 0.3 is 0 Å². The minimum Gasteiger partial charge on any atom is -0.454 e. The van der Waals surface area contributed by atoms with E-state index in [1.165, 1.54) is 6.07 Å². The van der Waals surface area contributed by atoms with Crippen LogP contribution in [0.4, 0.5) is 10.1 Å². The van der Waals surface area contributed by atoms with Crippen molar-refractivity contribution in [2.45, 2.75) is 43.4 Å². The van der Waals surface area contributed by atoms with E-state index >= 15 is 0 Å². The molecule has 3 aromatic rings. The number of aromatic amines is 1. The molecule has 1 aliphatic heterocycles. The van der Waals surface area contributed by atoms with Gasteiger partial charge in [0.05, 0.1) is 11.1 Å². The van der Waals surface area contributed by atoms with Crippen LogP contribution >= 0.6 is 0 Å². The highest BCUT2D eigenvalue weighted by molar-refractivity contribution is 6.02. The quantitative estimate of drug-likeness (QED) is 0.633. The number of fused-ring (bicyclic) bond motifs is 2. The van der Waals surface area contributed by atoms with Gasteiger partial charge in [0.1, 0.15) is 5.82 Å². The molecule has 2 heterocycles. The Bertz CT molecular complexity index is 1190. The minimum absolute atomic E-state index is 0. The number of aromatic nitrogens is 1. The predicted molar refractivity (Wildman–Crippen MR) is 111 cm³/mol. The van der Waals surface area contributed by atoms with Crippen LogP contribution in [0.25, 0.3) is 10.9 Å². The van der Waals surface area contributed by atoms with Gasteiger partial charge < -0.3 is 19.8 Å². The zero-order chi connectivity index (χ0) is 19.8. The maximum atomic E-state index is 14.7. The van der Waals surface area contributed by atoms with Gasteiger partial charge in [-0.25, -0.2) is 4.39 Å². The Hall–Kier alpha value is -3.02. The number of hydrogen-bond donors (Lipinski definition) is 2. The summed E-state index contributed by atoms with van der Waals surface area (Å²) in [5.41, 5.74) is 2.55. The second-order valence-electron chi connectivity index (χ2n) is 8.77. The molecule has 1 amide bonds. The lowest BCUT2D eigenvalue weighted by Gasteiger charge is -2.17. The summed E-state index contributed by atoms with van der Waals surface area (Å²) in [6, 6.07) is 10.9. The van der Waals surface area contributed by atoms with E-state index in [0.29, 0.717) is 11.5 Å². The molecule has 0 radical (unpaired) electrons. The lowest BCUT2D eigenvalue weighted by Crippen LogP contribution is -2.28. The highest BCUT2D eigenvalue weighted by atomic mass is 19.1. The van der Waals surface area contributed by atoms with Gasteiger partial charge in [0, 0.05) is 30.9 Å². The summed E-state index contributed by atoms with van der Waals surface area (Å²) in [7, 11) is 0. The SMILES string of the molecule is CC1(c2cc3cc(NC(=O)C4(c5ccc6c(c5)OCO6)CC4)c(F)cc3[nH]2)CC1.[HH].[HH]. The molecule has 0 spiro atoms. The van der Waals surface area contributed by atoms with Crippen LogP contribution in [0.1, 0.15) is 46.7 Å². The predicted octanol–water partition coefficient (Wildman–Crippen LogP) is 5.25. The third-order valence-corrected chi connectivity index (χ3v) is 6.72. The molecule has 152 valence electrons. The lowest BCUT2D eigenvalue weighted by molar-refractivity contribution is -0.118. The smallest absolute Gasteiger partial charge is 0.235 e. The molecular weight excluding hydrogens is 371 g/mol. The van der Waals surface area contributed by atoms with Crippen LogP contribution in [-0.4, -0.2) is 17.7 Å². The molecule has 0 atom stereocenters. The third-order valence-electron chi connectivity index (χ3n) is 6.72. The van der Waals surface area contributed by atoms with Gasteiger partial charge in [0.15, 0.2) is 11.5 Å². The van der Waals surface area contributed by atoms with Crippen LogP contribution in [0.2, 0.25) is 0 Å². The number of carbonyl (C=O) groups is 1. The zero-order valence-corrected chi connectivity index (χ0v) is 16.1. The standard InChI is InChI=1S/C23H21FN2O3.2H2/c1-22(4-5-22)20-9-13-8-17(15(24)11-16(13)25-20)26-21(27)23(6-7-23)14-2-3-18-19(10-14)29-12-28-18;;/h2-3,8-11,25H,4-7,12H2,1H3,(H,26,27);2*1H. The van der Waals surface area contributed by atoms with Gasteiger partial charge in [-0.05, 0) is 55.5 Å². The Morgan fingerprint density at radius 1 is 1.10 bits per heavy atom. The summed E-state index contributed by atoms with van der Waals surface area (Å²) in [6.45, 7) is 2.40. The molecule has 0 unspecified atom stereocenters. The molecule has 6 heteroatoms. The Morgan fingerprint density at radius 2 is 1.90 bits per heavy atom. The molecule has 5 nitrogen and oxygen atoms in total. The topological polar surface area (TPSA) is 63.4 Å². The van der Waals surface area contributed by atoms with Crippen LogP contribution in [0, 0.1) is 5.82 Å². The maximum Gasteiger partial charge on any atom is 0.235 e. The number of H-pyrrole nitrogens is 1. The van der Waals surface area contributed by atoms with Crippen LogP contribution in [0.5, 0.6) is 11.5 Å². The molecular formula is C23H25FN2O3. The summed E-state index contributed by atoms with van der Waals surface area (Å²) in [4.78, 5) is 16.4. The largest absolute Gasteiger partial charge is 0.454 e. The number of nitrogens with one attached hydrogen (secondary N) is 2. The molecule has 3 aliphatic rings. The van der Waals surface area contributed by atoms with E-state index in [4.69, 9.17) is 9.47 Å². The maximum absolute atomic E-state index is 14.7. The fourth-order valence-electron chi connectivity index (χ4n) is 4.24. The summed E-state index contributed by atoms with van der Waals surface area (Å²) in [6.07, 6.45) is 3.75. The van der Waals surface area contributed by atoms with Crippen LogP contribution < -0.4 is 14.8 Å². The van der Waals surface area contributed by atoms with Gasteiger partial charge in [-0.1, -0.05) is 13.0 Å². The van der Waals surface area contributed by atoms with Crippen LogP contribution in [0.15, 0.2) is 36.4 Å². The van der Waals surface area contributed by atoms with Gasteiger partial charge in [0.25, 0.3) is 0 Å². The number of ether oxygens (including phenoxy) is 2. The second-order valence-corrected chi connectivity index (χ2v) is 8.77. The van der Waals surface area contributed by atoms with Gasteiger partial charge in [0.2, 0.25) is 12.7 Å². The number of halogens is 1. The monoisotopic (exact) mass is 396 g/mol. The molecule has 2 N–H and O–H groups in total. The molecule has 0 saturated heterocycles. The number of anilines is 1. The molecule has 2 saturated carbocycles. The highest BCUT2D eigenvalue weighted by Crippen LogP contribution is 2.51. The summed E-state index contributed by atoms with van der Waals surface area (Å²) >= 11 is 0. The summed E-state index contributed by atoms with van der Waals surface area (Å²) in [5, 5.41) is 3.75. The number of benzene rings is 2. The van der Waals surface area contributed by atoms with Crippen molar-refractivity contribution < 1.29 is 21.5 Å². The first kappa shape index (κ1) is 16.9. The van der Waals surface area contributed by atoms with Crippen molar-refractivity contribution in [3.8, 4) is 11.5 Å². The van der Waals surface area contributed by atoms with E-state index in [2.05, 4.69) is 23.3 Å². The van der Waals surface area contributed by atoms with Gasteiger partial charge in [-0.2, -0.15) is 0 Å². The molecule has 2 fully saturated rings. The number of rotatable bonds is 4. The van der Waals surface area contributed by atoms with Crippen molar-refractivity contribution in [3.63, 3.8) is 0 Å². The fourth-order valence-corrected chi connectivity index (χ4v) is 4.24. The average molecular weight is 396 g/mol. The Kier molecular flexibility index (Phi) is 3.22. The van der Waals surface area contributed by atoms with Crippen molar-refractivity contribution in [1.82, 2.24) is 4.98 Å². The average Bonchev–Trinajstić information content (AvgIpc) is 3.57. The van der Waals surface area contributed by atoms with Crippen molar-refractivity contribution in [1.29, 1.82) is 0 Å². The second kappa shape index (κ2) is 5.53. The number of hydrogen-bond acceptors (Lipinski definition) is 3. The fraction of sp³-hybridized carbons (Fsp3) is 0.348. The molecule has 0 bridgehead atoms. The summed E-state index contributed by atoms with van der Waals surface area (Å²) < 4.78 is 25.5. The van der Waals surface area contributed by atoms with Gasteiger partial charge in [-0.3, -0.25) is 4.79 Å². The van der Waals surface area contributed by atoms with E-state index in [1.54, 1.807) is 6.07 Å². The first-order chi connectivity index (χ1) is 14.0. The van der Waals surface area contributed by atoms with E-state index in [-0.39, 0.29) is 26.7 Å². The zero-order valence-electron chi connectivity index (χ0n) is 16.1. The molecule has 2 aliphatic carbocycles. The Labute approximate surface area is 170 Å². The number of amides is 1. The normalized spacial score (nSPS) is 19.9. The van der Waals surface area contributed by atoms with Crippen LogP contribution in [-0.2, 0) is 15.6 Å². The third kappa shape index (κ3) is 2.55. The Morgan fingerprint density at radius 3 is 2.66 bits per heavy atom. The first-order valence-electron chi connectivity index (χ1n) is 10.0. The molecule has 29 heavy (non-hydrogen) atoms. The highest BCUT2D eigenvalue weighted by Gasteiger charge is 2.52. The first-order valence-corrected chi connectivity index (χ1v) is 10.0. The molecule has 1 aromatic heterocycles. The van der Waals surface area contributed by atoms with Crippen molar-refractivity contribution in [3.05, 3.63) is 53.5 Å². The molecule has 2 aromatic carbocycles. The lowest BCUT2D eigenvalue weighted by atomic mass is 9.94. The number of carbonyl (C=O) groups excluding carboxylic acids is 1. The Balaban J connectivity index is 0.00000116. The minimum atomic E-state index is -0.632. The van der Waals surface area contributed by atoms with Crippen molar-refractivity contribution in [2.75, 3.05) is 12.1 Å². The van der Waals surface area contributed by atoms with E-state index < -0.39 is 11.2 Å². The van der Waals surface area contributed by atoms with E-state index in [9.17, 15) is 9.18 Å². The van der Waals surface area contributed by atoms with E-state index in [1.807, 2.05) is 18.2 Å². The van der Waals surface area contributed by atoms with Gasteiger partial charge in [-0.15, -0.1) is 0 Å². The molecule has 6 rings (SSSR count).